The monoisotopic (exact) mass is 363 g/mol. The van der Waals surface area contributed by atoms with Gasteiger partial charge in [-0.1, -0.05) is 54.3 Å². The zero-order chi connectivity index (χ0) is 16.8. The summed E-state index contributed by atoms with van der Waals surface area (Å²) in [6.45, 7) is 0. The van der Waals surface area contributed by atoms with Gasteiger partial charge in [0.15, 0.2) is 0 Å². The van der Waals surface area contributed by atoms with E-state index in [0.717, 1.165) is 22.9 Å². The molecule has 0 radical (unpaired) electrons. The Hall–Kier alpha value is -1.46. The molecular weight excluding hydrogens is 342 g/mol. The molecule has 0 aliphatic heterocycles. The molecule has 1 aliphatic rings. The van der Waals surface area contributed by atoms with Crippen LogP contribution in [0.4, 0.5) is 5.13 Å². The van der Waals surface area contributed by atoms with Crippen LogP contribution in [0.5, 0.6) is 0 Å². The van der Waals surface area contributed by atoms with Crippen LogP contribution in [0.25, 0.3) is 0 Å². The SMILES string of the molecule is O=C(CCCc1ccc(Cl)cc1)Nc1nnc(C2CCCCC2)s1. The number of carbonyl (C=O) groups is 1. The number of benzene rings is 1. The summed E-state index contributed by atoms with van der Waals surface area (Å²) in [6, 6.07) is 7.76. The zero-order valence-electron chi connectivity index (χ0n) is 13.6. The highest BCUT2D eigenvalue weighted by molar-refractivity contribution is 7.15. The molecule has 1 N–H and O–H groups in total. The molecule has 128 valence electrons. The van der Waals surface area contributed by atoms with Crippen molar-refractivity contribution in [3.63, 3.8) is 0 Å². The summed E-state index contributed by atoms with van der Waals surface area (Å²) in [6.07, 6.45) is 8.43. The number of nitrogens with zero attached hydrogens (tertiary/aromatic N) is 2. The number of anilines is 1. The smallest absolute Gasteiger partial charge is 0.226 e. The number of halogens is 1. The summed E-state index contributed by atoms with van der Waals surface area (Å²) in [5, 5.41) is 13.7. The number of aromatic nitrogens is 2. The molecule has 0 atom stereocenters. The second kappa shape index (κ2) is 8.58. The van der Waals surface area contributed by atoms with Gasteiger partial charge in [-0.3, -0.25) is 4.79 Å². The Morgan fingerprint density at radius 3 is 2.67 bits per heavy atom. The number of carbonyl (C=O) groups excluding carboxylic acids is 1. The van der Waals surface area contributed by atoms with Crippen molar-refractivity contribution in [2.24, 2.45) is 0 Å². The van der Waals surface area contributed by atoms with Gasteiger partial charge in [-0.25, -0.2) is 0 Å². The van der Waals surface area contributed by atoms with Gasteiger partial charge >= 0.3 is 0 Å². The van der Waals surface area contributed by atoms with Crippen LogP contribution in [0.2, 0.25) is 5.02 Å². The lowest BCUT2D eigenvalue weighted by molar-refractivity contribution is -0.116. The molecule has 1 aromatic carbocycles. The van der Waals surface area contributed by atoms with Crippen LogP contribution in [-0.2, 0) is 11.2 Å². The first kappa shape index (κ1) is 17.4. The van der Waals surface area contributed by atoms with Gasteiger partial charge in [-0.05, 0) is 43.4 Å². The first-order valence-electron chi connectivity index (χ1n) is 8.58. The van der Waals surface area contributed by atoms with Crippen molar-refractivity contribution < 1.29 is 4.79 Å². The Morgan fingerprint density at radius 2 is 1.92 bits per heavy atom. The van der Waals surface area contributed by atoms with Gasteiger partial charge in [0, 0.05) is 17.4 Å². The van der Waals surface area contributed by atoms with Gasteiger partial charge in [0.25, 0.3) is 0 Å². The summed E-state index contributed by atoms with van der Waals surface area (Å²) in [7, 11) is 0. The highest BCUT2D eigenvalue weighted by atomic mass is 35.5. The van der Waals surface area contributed by atoms with Gasteiger partial charge in [-0.15, -0.1) is 10.2 Å². The lowest BCUT2D eigenvalue weighted by Gasteiger charge is -2.18. The molecule has 1 aliphatic carbocycles. The molecule has 2 aromatic rings. The van der Waals surface area contributed by atoms with E-state index in [-0.39, 0.29) is 5.91 Å². The molecule has 1 aromatic heterocycles. The van der Waals surface area contributed by atoms with Crippen molar-refractivity contribution in [2.45, 2.75) is 57.3 Å². The topological polar surface area (TPSA) is 54.9 Å². The third-order valence-corrected chi connectivity index (χ3v) is 5.68. The van der Waals surface area contributed by atoms with E-state index in [9.17, 15) is 4.79 Å². The molecule has 1 heterocycles. The van der Waals surface area contributed by atoms with E-state index in [1.165, 1.54) is 49.0 Å². The fraction of sp³-hybridized carbons (Fsp3) is 0.500. The fourth-order valence-corrected chi connectivity index (χ4v) is 4.14. The molecule has 0 saturated heterocycles. The number of aryl methyl sites for hydroxylation is 1. The van der Waals surface area contributed by atoms with Crippen LogP contribution in [0.3, 0.4) is 0 Å². The predicted octanol–water partition coefficient (Wildman–Crippen LogP) is 5.20. The lowest BCUT2D eigenvalue weighted by atomic mass is 9.90. The standard InChI is InChI=1S/C18H22ClN3OS/c19-15-11-9-13(10-12-15)5-4-8-16(23)20-18-22-21-17(24-18)14-6-2-1-3-7-14/h9-12,14H,1-8H2,(H,20,22,23). The van der Waals surface area contributed by atoms with Crippen LogP contribution in [0.15, 0.2) is 24.3 Å². The van der Waals surface area contributed by atoms with Crippen molar-refractivity contribution >= 4 is 34.0 Å². The Bertz CT molecular complexity index is 665. The minimum Gasteiger partial charge on any atom is -0.301 e. The Balaban J connectivity index is 1.43. The number of hydrogen-bond acceptors (Lipinski definition) is 4. The van der Waals surface area contributed by atoms with Gasteiger partial charge in [0.1, 0.15) is 5.01 Å². The molecule has 1 fully saturated rings. The Morgan fingerprint density at radius 1 is 1.17 bits per heavy atom. The summed E-state index contributed by atoms with van der Waals surface area (Å²) in [5.74, 6) is 0.544. The number of hydrogen-bond donors (Lipinski definition) is 1. The maximum absolute atomic E-state index is 12.0. The molecule has 6 heteroatoms. The van der Waals surface area contributed by atoms with Crippen LogP contribution >= 0.6 is 22.9 Å². The minimum atomic E-state index is 0.00954. The average molecular weight is 364 g/mol. The largest absolute Gasteiger partial charge is 0.301 e. The molecule has 4 nitrogen and oxygen atoms in total. The molecule has 0 bridgehead atoms. The van der Waals surface area contributed by atoms with Crippen molar-refractivity contribution in [1.82, 2.24) is 10.2 Å². The summed E-state index contributed by atoms with van der Waals surface area (Å²) >= 11 is 7.40. The first-order valence-corrected chi connectivity index (χ1v) is 9.78. The fourth-order valence-electron chi connectivity index (χ4n) is 3.09. The van der Waals surface area contributed by atoms with E-state index in [1.54, 1.807) is 0 Å². The van der Waals surface area contributed by atoms with Gasteiger partial charge < -0.3 is 5.32 Å². The van der Waals surface area contributed by atoms with Gasteiger partial charge in [0.05, 0.1) is 0 Å². The van der Waals surface area contributed by atoms with Gasteiger partial charge in [-0.2, -0.15) is 0 Å². The first-order chi connectivity index (χ1) is 11.7. The summed E-state index contributed by atoms with van der Waals surface area (Å²) in [5.41, 5.74) is 1.20. The van der Waals surface area contributed by atoms with E-state index in [1.807, 2.05) is 24.3 Å². The van der Waals surface area contributed by atoms with E-state index in [4.69, 9.17) is 11.6 Å². The van der Waals surface area contributed by atoms with Crippen molar-refractivity contribution in [3.8, 4) is 0 Å². The maximum Gasteiger partial charge on any atom is 0.226 e. The predicted molar refractivity (Wildman–Crippen MR) is 98.8 cm³/mol. The second-order valence-electron chi connectivity index (χ2n) is 6.31. The van der Waals surface area contributed by atoms with E-state index in [0.29, 0.717) is 17.5 Å². The summed E-state index contributed by atoms with van der Waals surface area (Å²) in [4.78, 5) is 12.0. The zero-order valence-corrected chi connectivity index (χ0v) is 15.2. The maximum atomic E-state index is 12.0. The average Bonchev–Trinajstić information content (AvgIpc) is 3.06. The van der Waals surface area contributed by atoms with Crippen LogP contribution in [0, 0.1) is 0 Å². The van der Waals surface area contributed by atoms with Gasteiger partial charge in [0.2, 0.25) is 11.0 Å². The van der Waals surface area contributed by atoms with Crippen molar-refractivity contribution in [2.75, 3.05) is 5.32 Å². The highest BCUT2D eigenvalue weighted by Crippen LogP contribution is 2.35. The van der Waals surface area contributed by atoms with Crippen molar-refractivity contribution in [1.29, 1.82) is 0 Å². The Labute approximate surface area is 151 Å². The molecule has 1 amide bonds. The second-order valence-corrected chi connectivity index (χ2v) is 7.75. The van der Waals surface area contributed by atoms with Crippen LogP contribution in [-0.4, -0.2) is 16.1 Å². The molecule has 24 heavy (non-hydrogen) atoms. The third kappa shape index (κ3) is 5.02. The number of rotatable bonds is 6. The highest BCUT2D eigenvalue weighted by Gasteiger charge is 2.20. The van der Waals surface area contributed by atoms with Crippen LogP contribution < -0.4 is 5.32 Å². The van der Waals surface area contributed by atoms with E-state index >= 15 is 0 Å². The lowest BCUT2D eigenvalue weighted by Crippen LogP contribution is -2.11. The molecule has 1 saturated carbocycles. The Kier molecular flexibility index (Phi) is 6.21. The molecule has 0 spiro atoms. The van der Waals surface area contributed by atoms with E-state index < -0.39 is 0 Å². The normalized spacial score (nSPS) is 15.4. The molecule has 3 rings (SSSR count). The third-order valence-electron chi connectivity index (χ3n) is 4.42. The van der Waals surface area contributed by atoms with E-state index in [2.05, 4.69) is 15.5 Å². The minimum absolute atomic E-state index is 0.00954. The quantitative estimate of drug-likeness (QED) is 0.767. The summed E-state index contributed by atoms with van der Waals surface area (Å²) < 4.78 is 0. The molecule has 0 unspecified atom stereocenters. The van der Waals surface area contributed by atoms with Crippen LogP contribution in [0.1, 0.15) is 61.4 Å². The van der Waals surface area contributed by atoms with Crippen molar-refractivity contribution in [3.05, 3.63) is 39.9 Å². The number of nitrogens with one attached hydrogen (secondary N) is 1. The molecular formula is C18H22ClN3OS. The number of amides is 1.